The molecule has 4 rings (SSSR count). The van der Waals surface area contributed by atoms with E-state index in [0.29, 0.717) is 31.0 Å². The van der Waals surface area contributed by atoms with E-state index in [9.17, 15) is 9.59 Å². The van der Waals surface area contributed by atoms with Crippen LogP contribution in [0.3, 0.4) is 0 Å². The molecule has 0 radical (unpaired) electrons. The van der Waals surface area contributed by atoms with Gasteiger partial charge in [-0.25, -0.2) is 0 Å². The van der Waals surface area contributed by atoms with E-state index < -0.39 is 0 Å². The molecule has 4 aliphatic rings. The van der Waals surface area contributed by atoms with Gasteiger partial charge in [0.25, 0.3) is 0 Å². The van der Waals surface area contributed by atoms with Crippen LogP contribution in [0.2, 0.25) is 0 Å². The Morgan fingerprint density at radius 2 is 1.76 bits per heavy atom. The first-order chi connectivity index (χ1) is 10.2. The topological polar surface area (TPSA) is 52.7 Å². The van der Waals surface area contributed by atoms with Gasteiger partial charge in [-0.15, -0.1) is 0 Å². The SMILES string of the molecule is O=C1CCN(C2CCN3CCCCC23)C(=O)C(C2CC2)N1. The Labute approximate surface area is 126 Å². The van der Waals surface area contributed by atoms with Gasteiger partial charge in [0.05, 0.1) is 0 Å². The minimum absolute atomic E-state index is 0.0567. The summed E-state index contributed by atoms with van der Waals surface area (Å²) < 4.78 is 0. The van der Waals surface area contributed by atoms with Crippen LogP contribution in [-0.2, 0) is 9.59 Å². The largest absolute Gasteiger partial charge is 0.344 e. The second-order valence-corrected chi connectivity index (χ2v) is 7.12. The van der Waals surface area contributed by atoms with Crippen molar-refractivity contribution in [2.75, 3.05) is 19.6 Å². The molecule has 3 aliphatic heterocycles. The molecule has 5 nitrogen and oxygen atoms in total. The van der Waals surface area contributed by atoms with E-state index >= 15 is 0 Å². The second-order valence-electron chi connectivity index (χ2n) is 7.12. The van der Waals surface area contributed by atoms with Crippen LogP contribution in [0.4, 0.5) is 0 Å². The number of rotatable bonds is 2. The molecule has 4 fully saturated rings. The van der Waals surface area contributed by atoms with Gasteiger partial charge in [0, 0.05) is 31.6 Å². The lowest BCUT2D eigenvalue weighted by Crippen LogP contribution is -2.53. The van der Waals surface area contributed by atoms with Crippen molar-refractivity contribution < 1.29 is 9.59 Å². The molecule has 116 valence electrons. The zero-order valence-electron chi connectivity index (χ0n) is 12.6. The Bertz CT molecular complexity index is 449. The molecule has 1 N–H and O–H groups in total. The van der Waals surface area contributed by atoms with Crippen LogP contribution >= 0.6 is 0 Å². The fourth-order valence-electron chi connectivity index (χ4n) is 4.48. The van der Waals surface area contributed by atoms with Gasteiger partial charge in [-0.1, -0.05) is 6.42 Å². The predicted octanol–water partition coefficient (Wildman–Crippen LogP) is 0.740. The van der Waals surface area contributed by atoms with E-state index in [0.717, 1.165) is 25.8 Å². The van der Waals surface area contributed by atoms with Crippen molar-refractivity contribution in [3.63, 3.8) is 0 Å². The number of hydrogen-bond acceptors (Lipinski definition) is 3. The van der Waals surface area contributed by atoms with Crippen LogP contribution in [-0.4, -0.2) is 59.4 Å². The number of carbonyl (C=O) groups excluding carboxylic acids is 2. The van der Waals surface area contributed by atoms with Crippen molar-refractivity contribution in [2.45, 2.75) is 63.1 Å². The first-order valence-electron chi connectivity index (χ1n) is 8.58. The van der Waals surface area contributed by atoms with Gasteiger partial charge < -0.3 is 10.2 Å². The summed E-state index contributed by atoms with van der Waals surface area (Å²) in [5.41, 5.74) is 0. The molecular formula is C16H25N3O2. The Balaban J connectivity index is 1.54. The monoisotopic (exact) mass is 291 g/mol. The molecule has 3 atom stereocenters. The smallest absolute Gasteiger partial charge is 0.245 e. The molecule has 3 saturated heterocycles. The number of nitrogens with one attached hydrogen (secondary N) is 1. The minimum Gasteiger partial charge on any atom is -0.344 e. The fraction of sp³-hybridized carbons (Fsp3) is 0.875. The molecule has 0 aromatic rings. The molecule has 3 unspecified atom stereocenters. The first kappa shape index (κ1) is 13.6. The van der Waals surface area contributed by atoms with Crippen LogP contribution in [0.1, 0.15) is 44.9 Å². The summed E-state index contributed by atoms with van der Waals surface area (Å²) in [6, 6.07) is 0.639. The zero-order chi connectivity index (χ0) is 14.4. The molecule has 5 heteroatoms. The number of hydrogen-bond donors (Lipinski definition) is 1. The van der Waals surface area contributed by atoms with Crippen molar-refractivity contribution in [3.05, 3.63) is 0 Å². The molecule has 1 aliphatic carbocycles. The van der Waals surface area contributed by atoms with Crippen LogP contribution in [0.25, 0.3) is 0 Å². The Morgan fingerprint density at radius 1 is 0.905 bits per heavy atom. The van der Waals surface area contributed by atoms with Gasteiger partial charge in [0.2, 0.25) is 11.8 Å². The maximum absolute atomic E-state index is 12.9. The van der Waals surface area contributed by atoms with E-state index in [1.165, 1.54) is 25.8 Å². The van der Waals surface area contributed by atoms with Crippen molar-refractivity contribution >= 4 is 11.8 Å². The van der Waals surface area contributed by atoms with Crippen molar-refractivity contribution in [1.82, 2.24) is 15.1 Å². The molecule has 21 heavy (non-hydrogen) atoms. The molecule has 1 saturated carbocycles. The van der Waals surface area contributed by atoms with Crippen LogP contribution in [0, 0.1) is 5.92 Å². The summed E-state index contributed by atoms with van der Waals surface area (Å²) in [6.45, 7) is 2.92. The number of carbonyl (C=O) groups is 2. The third kappa shape index (κ3) is 2.45. The van der Waals surface area contributed by atoms with Crippen molar-refractivity contribution in [2.24, 2.45) is 5.92 Å². The number of nitrogens with zero attached hydrogens (tertiary/aromatic N) is 2. The standard InChI is InChI=1S/C16H25N3O2/c20-14-7-10-19(16(21)15(17-14)11-4-5-11)13-6-9-18-8-2-1-3-12(13)18/h11-13,15H,1-10H2,(H,17,20). The lowest BCUT2D eigenvalue weighted by molar-refractivity contribution is -0.136. The van der Waals surface area contributed by atoms with Gasteiger partial charge in [0.1, 0.15) is 6.04 Å². The van der Waals surface area contributed by atoms with Gasteiger partial charge in [-0.05, 0) is 44.6 Å². The third-order valence-electron chi connectivity index (χ3n) is 5.76. The van der Waals surface area contributed by atoms with Crippen molar-refractivity contribution in [1.29, 1.82) is 0 Å². The highest BCUT2D eigenvalue weighted by Gasteiger charge is 2.46. The predicted molar refractivity (Wildman–Crippen MR) is 78.6 cm³/mol. The van der Waals surface area contributed by atoms with E-state index in [2.05, 4.69) is 15.1 Å². The highest BCUT2D eigenvalue weighted by Crippen LogP contribution is 2.36. The highest BCUT2D eigenvalue weighted by molar-refractivity contribution is 5.90. The summed E-state index contributed by atoms with van der Waals surface area (Å²) in [4.78, 5) is 29.5. The quantitative estimate of drug-likeness (QED) is 0.816. The lowest BCUT2D eigenvalue weighted by Gasteiger charge is -2.38. The molecule has 0 bridgehead atoms. The number of piperidine rings is 1. The normalized spacial score (nSPS) is 38.1. The van der Waals surface area contributed by atoms with Gasteiger partial charge in [0.15, 0.2) is 0 Å². The molecular weight excluding hydrogens is 266 g/mol. The first-order valence-corrected chi connectivity index (χ1v) is 8.58. The number of amides is 2. The zero-order valence-corrected chi connectivity index (χ0v) is 12.6. The second kappa shape index (κ2) is 5.27. The summed E-state index contributed by atoms with van der Waals surface area (Å²) in [6.07, 6.45) is 7.52. The Hall–Kier alpha value is -1.10. The average Bonchev–Trinajstić information content (AvgIpc) is 3.26. The molecule has 0 aromatic carbocycles. The minimum atomic E-state index is -0.238. The van der Waals surface area contributed by atoms with E-state index in [4.69, 9.17) is 0 Å². The van der Waals surface area contributed by atoms with Crippen molar-refractivity contribution in [3.8, 4) is 0 Å². The molecule has 2 amide bonds. The summed E-state index contributed by atoms with van der Waals surface area (Å²) in [7, 11) is 0. The van der Waals surface area contributed by atoms with Crippen LogP contribution in [0.15, 0.2) is 0 Å². The summed E-state index contributed by atoms with van der Waals surface area (Å²) in [5, 5.41) is 2.97. The average molecular weight is 291 g/mol. The molecule has 3 heterocycles. The molecule has 0 spiro atoms. The van der Waals surface area contributed by atoms with Crippen LogP contribution < -0.4 is 5.32 Å². The Morgan fingerprint density at radius 3 is 2.57 bits per heavy atom. The maximum Gasteiger partial charge on any atom is 0.245 e. The lowest BCUT2D eigenvalue weighted by atomic mass is 9.97. The van der Waals surface area contributed by atoms with Gasteiger partial charge in [-0.2, -0.15) is 0 Å². The maximum atomic E-state index is 12.9. The van der Waals surface area contributed by atoms with E-state index in [1.54, 1.807) is 0 Å². The summed E-state index contributed by atoms with van der Waals surface area (Å²) in [5.74, 6) is 0.646. The molecule has 0 aromatic heterocycles. The van der Waals surface area contributed by atoms with Gasteiger partial charge >= 0.3 is 0 Å². The summed E-state index contributed by atoms with van der Waals surface area (Å²) >= 11 is 0. The van der Waals surface area contributed by atoms with E-state index in [1.807, 2.05) is 0 Å². The third-order valence-corrected chi connectivity index (χ3v) is 5.76. The fourth-order valence-corrected chi connectivity index (χ4v) is 4.48. The van der Waals surface area contributed by atoms with E-state index in [-0.39, 0.29) is 17.9 Å². The highest BCUT2D eigenvalue weighted by atomic mass is 16.2. The Kier molecular flexibility index (Phi) is 3.40. The van der Waals surface area contributed by atoms with Gasteiger partial charge in [-0.3, -0.25) is 14.5 Å². The number of fused-ring (bicyclic) bond motifs is 1. The van der Waals surface area contributed by atoms with Crippen LogP contribution in [0.5, 0.6) is 0 Å².